The number of carbonyl (C=O) groups excluding carboxylic acids is 2. The fourth-order valence-corrected chi connectivity index (χ4v) is 3.72. The van der Waals surface area contributed by atoms with E-state index in [9.17, 15) is 9.59 Å². The van der Waals surface area contributed by atoms with Crippen LogP contribution >= 0.6 is 0 Å². The molecule has 31 heavy (non-hydrogen) atoms. The lowest BCUT2D eigenvalue weighted by molar-refractivity contribution is -0.514. The summed E-state index contributed by atoms with van der Waals surface area (Å²) in [5.41, 5.74) is 9.05. The van der Waals surface area contributed by atoms with Gasteiger partial charge in [0, 0.05) is 16.8 Å². The van der Waals surface area contributed by atoms with E-state index < -0.39 is 11.8 Å². The maximum atomic E-state index is 13.2. The van der Waals surface area contributed by atoms with Gasteiger partial charge in [0.05, 0.1) is 12.7 Å². The summed E-state index contributed by atoms with van der Waals surface area (Å²) in [6.07, 6.45) is 1.53. The van der Waals surface area contributed by atoms with Crippen molar-refractivity contribution in [1.82, 2.24) is 4.57 Å². The van der Waals surface area contributed by atoms with E-state index in [0.717, 1.165) is 11.3 Å². The van der Waals surface area contributed by atoms with E-state index in [1.165, 1.54) is 6.20 Å². The van der Waals surface area contributed by atoms with Gasteiger partial charge in [0.25, 0.3) is 17.5 Å². The van der Waals surface area contributed by atoms with Crippen LogP contribution in [-0.2, 0) is 12.6 Å². The number of benzene rings is 2. The topological polar surface area (TPSA) is 90.4 Å². The molecule has 0 aliphatic carbocycles. The van der Waals surface area contributed by atoms with Gasteiger partial charge in [-0.1, -0.05) is 17.7 Å². The molecule has 0 aliphatic rings. The molecule has 0 atom stereocenters. The zero-order valence-corrected chi connectivity index (χ0v) is 17.8. The zero-order valence-electron chi connectivity index (χ0n) is 17.0. The number of carbonyl (C=O) groups is 2. The molecule has 2 aromatic heterocycles. The monoisotopic (exact) mass is 432 g/mol. The summed E-state index contributed by atoms with van der Waals surface area (Å²) in [5.74, 6) is -0.285. The predicted octanol–water partition coefficient (Wildman–Crippen LogP) is 2.79. The number of aromatic nitrogens is 2. The summed E-state index contributed by atoms with van der Waals surface area (Å²) in [6, 6.07) is 18.1. The lowest BCUT2D eigenvalue weighted by atomic mass is 10.2. The predicted molar refractivity (Wildman–Crippen MR) is 119 cm³/mol. The number of hydrogen-bond donors (Lipinski definition) is 2. The van der Waals surface area contributed by atoms with E-state index in [2.05, 4.69) is 5.32 Å². The number of imidazole rings is 1. The van der Waals surface area contributed by atoms with Gasteiger partial charge in [0.1, 0.15) is 17.6 Å². The van der Waals surface area contributed by atoms with E-state index in [1.807, 2.05) is 55.5 Å². The van der Waals surface area contributed by atoms with E-state index in [1.54, 1.807) is 28.2 Å². The van der Waals surface area contributed by atoms with Gasteiger partial charge in [0.15, 0.2) is 0 Å². The van der Waals surface area contributed by atoms with Crippen LogP contribution in [0.1, 0.15) is 26.4 Å². The van der Waals surface area contributed by atoms with Crippen LogP contribution in [0.15, 0.2) is 71.9 Å². The highest BCUT2D eigenvalue weighted by atomic mass is 32.1. The number of fused-ring (bicyclic) bond motifs is 1. The second-order valence-electron chi connectivity index (χ2n) is 7.02. The van der Waals surface area contributed by atoms with Crippen molar-refractivity contribution in [3.63, 3.8) is 0 Å². The molecule has 0 saturated heterocycles. The number of rotatable bonds is 5. The van der Waals surface area contributed by atoms with Crippen molar-refractivity contribution in [2.45, 2.75) is 11.9 Å². The highest BCUT2D eigenvalue weighted by molar-refractivity contribution is 7.58. The number of hydrogen-bond acceptors (Lipinski definition) is 4. The Labute approximate surface area is 184 Å². The number of amides is 2. The third-order valence-corrected chi connectivity index (χ3v) is 5.32. The number of methoxy groups -OCH3 is 1. The lowest BCUT2D eigenvalue weighted by Gasteiger charge is -2.08. The molecule has 3 N–H and O–H groups in total. The Morgan fingerprint density at radius 2 is 1.71 bits per heavy atom. The molecule has 0 radical (unpaired) electrons. The van der Waals surface area contributed by atoms with Crippen molar-refractivity contribution in [3.05, 3.63) is 83.7 Å². The number of ether oxygens (including phenoxy) is 1. The summed E-state index contributed by atoms with van der Waals surface area (Å²) in [5, 5.41) is 3.18. The Kier molecular flexibility index (Phi) is 5.31. The molecular formula is C23H20N4O3S. The van der Waals surface area contributed by atoms with Gasteiger partial charge in [-0.25, -0.2) is 4.57 Å². The minimum Gasteiger partial charge on any atom is -0.732 e. The molecule has 4 aromatic rings. The Morgan fingerprint density at radius 1 is 1.03 bits per heavy atom. The number of pyridine rings is 1. The SMILES string of the molecule is COc1ccc(-n2c([S-])c(C(=O)Nc3ccc(C)cc3)[n+]3cc(C(N)=O)ccc23)cc1. The summed E-state index contributed by atoms with van der Waals surface area (Å²) in [4.78, 5) is 25.0. The van der Waals surface area contributed by atoms with Crippen molar-refractivity contribution in [1.29, 1.82) is 0 Å². The first-order valence-electron chi connectivity index (χ1n) is 9.48. The summed E-state index contributed by atoms with van der Waals surface area (Å²) < 4.78 is 8.59. The maximum absolute atomic E-state index is 13.2. The summed E-state index contributed by atoms with van der Waals surface area (Å²) in [7, 11) is 1.59. The lowest BCUT2D eigenvalue weighted by Crippen LogP contribution is -2.32. The van der Waals surface area contributed by atoms with Crippen LogP contribution in [0.2, 0.25) is 0 Å². The smallest absolute Gasteiger partial charge is 0.298 e. The summed E-state index contributed by atoms with van der Waals surface area (Å²) >= 11 is 5.69. The first kappa shape index (κ1) is 20.4. The molecule has 2 amide bonds. The minimum atomic E-state index is -0.595. The molecule has 2 heterocycles. The molecule has 0 aliphatic heterocycles. The van der Waals surface area contributed by atoms with Gasteiger partial charge in [-0.15, -0.1) is 0 Å². The fourth-order valence-electron chi connectivity index (χ4n) is 3.33. The largest absolute Gasteiger partial charge is 0.732 e. The average Bonchev–Trinajstić information content (AvgIpc) is 3.06. The Morgan fingerprint density at radius 3 is 2.32 bits per heavy atom. The third kappa shape index (κ3) is 3.80. The molecule has 8 heteroatoms. The molecule has 0 saturated carbocycles. The molecule has 0 unspecified atom stereocenters. The second-order valence-corrected chi connectivity index (χ2v) is 7.40. The van der Waals surface area contributed by atoms with E-state index in [4.69, 9.17) is 23.1 Å². The second kappa shape index (κ2) is 8.08. The van der Waals surface area contributed by atoms with Crippen LogP contribution in [0.25, 0.3) is 11.3 Å². The molecule has 0 spiro atoms. The van der Waals surface area contributed by atoms with Crippen molar-refractivity contribution < 1.29 is 18.7 Å². The van der Waals surface area contributed by atoms with Crippen molar-refractivity contribution >= 4 is 35.8 Å². The molecule has 156 valence electrons. The first-order valence-corrected chi connectivity index (χ1v) is 9.89. The number of aryl methyl sites for hydroxylation is 1. The van der Waals surface area contributed by atoms with Crippen LogP contribution in [0.3, 0.4) is 0 Å². The van der Waals surface area contributed by atoms with Crippen LogP contribution in [0.4, 0.5) is 5.69 Å². The Hall–Kier alpha value is -3.91. The van der Waals surface area contributed by atoms with Crippen LogP contribution in [0.5, 0.6) is 5.75 Å². The van der Waals surface area contributed by atoms with Crippen LogP contribution in [0, 0.1) is 6.92 Å². The average molecular weight is 433 g/mol. The van der Waals surface area contributed by atoms with Gasteiger partial charge >= 0.3 is 0 Å². The molecule has 0 fully saturated rings. The van der Waals surface area contributed by atoms with E-state index >= 15 is 0 Å². The van der Waals surface area contributed by atoms with Crippen molar-refractivity contribution in [2.24, 2.45) is 5.73 Å². The Bertz CT molecular complexity index is 1300. The van der Waals surface area contributed by atoms with Crippen LogP contribution < -0.4 is 20.2 Å². The van der Waals surface area contributed by atoms with Gasteiger partial charge in [0.2, 0.25) is 5.69 Å². The van der Waals surface area contributed by atoms with Gasteiger partial charge in [-0.05, 0) is 49.4 Å². The third-order valence-electron chi connectivity index (χ3n) is 4.94. The standard InChI is InChI=1S/C23H20N4O3S/c1-14-3-6-16(7-4-14)25-22(29)20-23(31)27(17-8-10-18(30-2)11-9-17)19-12-5-15(21(24)28)13-26(19)20/h3-13H,1-2H3,(H3-,24,25,28,29,31). The number of primary amides is 1. The number of anilines is 1. The minimum absolute atomic E-state index is 0.226. The molecule has 0 bridgehead atoms. The maximum Gasteiger partial charge on any atom is 0.298 e. The van der Waals surface area contributed by atoms with E-state index in [0.29, 0.717) is 22.1 Å². The summed E-state index contributed by atoms with van der Waals surface area (Å²) in [6.45, 7) is 1.97. The van der Waals surface area contributed by atoms with Crippen LogP contribution in [-0.4, -0.2) is 23.5 Å². The van der Waals surface area contributed by atoms with Gasteiger partial charge in [-0.2, -0.15) is 4.40 Å². The Balaban J connectivity index is 1.88. The molecule has 4 rings (SSSR count). The van der Waals surface area contributed by atoms with E-state index in [-0.39, 0.29) is 11.3 Å². The number of nitrogens with one attached hydrogen (secondary N) is 1. The zero-order chi connectivity index (χ0) is 22.1. The van der Waals surface area contributed by atoms with Gasteiger partial charge < -0.3 is 28.4 Å². The normalized spacial score (nSPS) is 10.8. The molecule has 2 aromatic carbocycles. The number of nitrogens with zero attached hydrogens (tertiary/aromatic N) is 2. The molecule has 7 nitrogen and oxygen atoms in total. The highest BCUT2D eigenvalue weighted by Gasteiger charge is 2.26. The van der Waals surface area contributed by atoms with Crippen molar-refractivity contribution in [2.75, 3.05) is 12.4 Å². The number of nitrogens with two attached hydrogens (primary N) is 1. The highest BCUT2D eigenvalue weighted by Crippen LogP contribution is 2.22. The molecular weight excluding hydrogens is 412 g/mol. The van der Waals surface area contributed by atoms with Crippen molar-refractivity contribution in [3.8, 4) is 11.4 Å². The quantitative estimate of drug-likeness (QED) is 0.375. The van der Waals surface area contributed by atoms with Gasteiger partial charge in [-0.3, -0.25) is 9.59 Å². The first-order chi connectivity index (χ1) is 14.9. The fraction of sp³-hybridized carbons (Fsp3) is 0.0870.